The molecule has 4 rings (SSSR count). The number of hydrogen-bond acceptors (Lipinski definition) is 6. The van der Waals surface area contributed by atoms with Gasteiger partial charge in [0.2, 0.25) is 0 Å². The summed E-state index contributed by atoms with van der Waals surface area (Å²) in [4.78, 5) is 22.0. The zero-order valence-corrected chi connectivity index (χ0v) is 12.7. The highest BCUT2D eigenvalue weighted by Crippen LogP contribution is 2.53. The van der Waals surface area contributed by atoms with E-state index in [9.17, 15) is 4.79 Å². The molecule has 4 heterocycles. The largest absolute Gasteiger partial charge is 0.361 e. The third-order valence-corrected chi connectivity index (χ3v) is 6.70. The number of aliphatic imine (C=N–C) groups is 1. The summed E-state index contributed by atoms with van der Waals surface area (Å²) in [7, 11) is 0. The van der Waals surface area contributed by atoms with Crippen LogP contribution in [-0.4, -0.2) is 43.1 Å². The van der Waals surface area contributed by atoms with Crippen molar-refractivity contribution in [1.29, 1.82) is 0 Å². The molecule has 0 aromatic carbocycles. The summed E-state index contributed by atoms with van der Waals surface area (Å²) < 4.78 is 1.77. The van der Waals surface area contributed by atoms with Crippen LogP contribution in [0.4, 0.5) is 0 Å². The van der Waals surface area contributed by atoms with Gasteiger partial charge in [0.15, 0.2) is 5.17 Å². The lowest BCUT2D eigenvalue weighted by molar-refractivity contribution is 0.646. The number of rotatable bonds is 0. The first-order chi connectivity index (χ1) is 9.28. The van der Waals surface area contributed by atoms with Crippen molar-refractivity contribution in [1.82, 2.24) is 14.8 Å². The first-order valence-corrected chi connectivity index (χ1v) is 9.31. The Morgan fingerprint density at radius 3 is 3.26 bits per heavy atom. The lowest BCUT2D eigenvalue weighted by Crippen LogP contribution is -2.28. The molecule has 3 aliphatic heterocycles. The minimum absolute atomic E-state index is 0.175. The summed E-state index contributed by atoms with van der Waals surface area (Å²) in [5.41, 5.74) is 1.18. The maximum absolute atomic E-state index is 11.6. The van der Waals surface area contributed by atoms with Gasteiger partial charge in [-0.2, -0.15) is 16.7 Å². The number of aromatic amines is 1. The third-order valence-electron chi connectivity index (χ3n) is 3.57. The first kappa shape index (κ1) is 12.2. The number of aromatic nitrogens is 3. The Kier molecular flexibility index (Phi) is 2.85. The molecule has 0 saturated heterocycles. The fourth-order valence-corrected chi connectivity index (χ4v) is 6.04. The van der Waals surface area contributed by atoms with Crippen LogP contribution in [0.5, 0.6) is 0 Å². The van der Waals surface area contributed by atoms with Crippen LogP contribution in [0.1, 0.15) is 18.2 Å². The Morgan fingerprint density at radius 1 is 1.53 bits per heavy atom. The quantitative estimate of drug-likeness (QED) is 0.790. The Bertz CT molecular complexity index is 659. The lowest BCUT2D eigenvalue weighted by atomic mass is 9.95. The van der Waals surface area contributed by atoms with Gasteiger partial charge in [-0.25, -0.2) is 19.6 Å². The normalized spacial score (nSPS) is 28.8. The Hall–Kier alpha value is -0.600. The van der Waals surface area contributed by atoms with Crippen molar-refractivity contribution >= 4 is 40.5 Å². The number of hydrogen-bond donors (Lipinski definition) is 1. The summed E-state index contributed by atoms with van der Waals surface area (Å²) >= 11 is 5.39. The summed E-state index contributed by atoms with van der Waals surface area (Å²) in [6.45, 7) is 0. The summed E-state index contributed by atoms with van der Waals surface area (Å²) in [6, 6.07) is 0. The molecule has 0 spiro atoms. The SMILES string of the molecule is CSC1=NC2SC3=C(CCSC3)C2c2nc(=O)[nH]n21. The molecule has 2 atom stereocenters. The van der Waals surface area contributed by atoms with E-state index >= 15 is 0 Å². The minimum atomic E-state index is -0.276. The average Bonchev–Trinajstić information content (AvgIpc) is 2.96. The van der Waals surface area contributed by atoms with Gasteiger partial charge in [0.25, 0.3) is 0 Å². The highest BCUT2D eigenvalue weighted by Gasteiger charge is 2.43. The smallest absolute Gasteiger partial charge is 0.245 e. The molecule has 2 unspecified atom stereocenters. The summed E-state index contributed by atoms with van der Waals surface area (Å²) in [5, 5.41) is 3.78. The number of nitrogens with one attached hydrogen (secondary N) is 1. The van der Waals surface area contributed by atoms with E-state index in [0.29, 0.717) is 0 Å². The van der Waals surface area contributed by atoms with Crippen LogP contribution in [0.2, 0.25) is 0 Å². The van der Waals surface area contributed by atoms with E-state index in [1.807, 2.05) is 29.8 Å². The van der Waals surface area contributed by atoms with Crippen LogP contribution >= 0.6 is 35.3 Å². The standard InChI is InChI=1S/C11H12N4OS3/c1-17-11-13-9-7(8-12-10(16)14-15(8)11)5-2-3-18-4-6(5)19-9/h7,9H,2-4H2,1H3,(H,14,16). The van der Waals surface area contributed by atoms with Crippen LogP contribution in [0.25, 0.3) is 0 Å². The maximum atomic E-state index is 11.6. The monoisotopic (exact) mass is 312 g/mol. The molecule has 1 aromatic heterocycles. The molecule has 0 amide bonds. The molecule has 0 aliphatic carbocycles. The summed E-state index contributed by atoms with van der Waals surface area (Å²) in [5.74, 6) is 3.29. The number of H-pyrrole nitrogens is 1. The van der Waals surface area contributed by atoms with Crippen LogP contribution in [-0.2, 0) is 0 Å². The summed E-state index contributed by atoms with van der Waals surface area (Å²) in [6.07, 6.45) is 3.07. The lowest BCUT2D eigenvalue weighted by Gasteiger charge is -2.25. The fourth-order valence-electron chi connectivity index (χ4n) is 2.78. The van der Waals surface area contributed by atoms with E-state index in [2.05, 4.69) is 10.1 Å². The van der Waals surface area contributed by atoms with Crippen LogP contribution in [0.3, 0.4) is 0 Å². The minimum Gasteiger partial charge on any atom is -0.245 e. The van der Waals surface area contributed by atoms with Crippen molar-refractivity contribution in [3.8, 4) is 0 Å². The average molecular weight is 312 g/mol. The van der Waals surface area contributed by atoms with Crippen LogP contribution < -0.4 is 5.69 Å². The van der Waals surface area contributed by atoms with Gasteiger partial charge in [-0.1, -0.05) is 11.8 Å². The van der Waals surface area contributed by atoms with Gasteiger partial charge >= 0.3 is 5.69 Å². The zero-order chi connectivity index (χ0) is 13.0. The number of nitrogens with zero attached hydrogens (tertiary/aromatic N) is 3. The molecule has 5 nitrogen and oxygen atoms in total. The predicted octanol–water partition coefficient (Wildman–Crippen LogP) is 1.70. The van der Waals surface area contributed by atoms with Crippen LogP contribution in [0, 0.1) is 0 Å². The molecule has 3 aliphatic rings. The van der Waals surface area contributed by atoms with Gasteiger partial charge in [-0.15, -0.1) is 11.8 Å². The molecule has 0 radical (unpaired) electrons. The molecule has 1 N–H and O–H groups in total. The van der Waals surface area contributed by atoms with Gasteiger partial charge in [0, 0.05) is 5.75 Å². The molecule has 1 aromatic rings. The van der Waals surface area contributed by atoms with Crippen molar-refractivity contribution in [3.63, 3.8) is 0 Å². The zero-order valence-electron chi connectivity index (χ0n) is 10.3. The molecule has 8 heteroatoms. The molecule has 19 heavy (non-hydrogen) atoms. The molecule has 0 bridgehead atoms. The van der Waals surface area contributed by atoms with Crippen molar-refractivity contribution in [2.24, 2.45) is 4.99 Å². The van der Waals surface area contributed by atoms with E-state index in [0.717, 1.165) is 28.9 Å². The van der Waals surface area contributed by atoms with Crippen LogP contribution in [0.15, 0.2) is 20.3 Å². The molecule has 0 fully saturated rings. The Labute approximate surface area is 122 Å². The number of thioether (sulfide) groups is 3. The van der Waals surface area contributed by atoms with Crippen molar-refractivity contribution < 1.29 is 0 Å². The van der Waals surface area contributed by atoms with E-state index in [1.54, 1.807) is 16.4 Å². The second-order valence-electron chi connectivity index (χ2n) is 4.58. The van der Waals surface area contributed by atoms with Gasteiger partial charge in [-0.05, 0) is 28.9 Å². The van der Waals surface area contributed by atoms with E-state index in [-0.39, 0.29) is 17.0 Å². The highest BCUT2D eigenvalue weighted by atomic mass is 32.2. The molecular formula is C11H12N4OS3. The van der Waals surface area contributed by atoms with Gasteiger partial charge in [0.1, 0.15) is 11.2 Å². The Morgan fingerprint density at radius 2 is 2.42 bits per heavy atom. The third kappa shape index (κ3) is 1.76. The maximum Gasteiger partial charge on any atom is 0.361 e. The Balaban J connectivity index is 1.88. The second kappa shape index (κ2) is 4.46. The molecule has 0 saturated carbocycles. The highest BCUT2D eigenvalue weighted by molar-refractivity contribution is 8.13. The molecule has 100 valence electrons. The molecular weight excluding hydrogens is 300 g/mol. The fraction of sp³-hybridized carbons (Fsp3) is 0.545. The van der Waals surface area contributed by atoms with Gasteiger partial charge in [0.05, 0.1) is 5.92 Å². The van der Waals surface area contributed by atoms with E-state index in [4.69, 9.17) is 4.99 Å². The second-order valence-corrected chi connectivity index (χ2v) is 7.67. The van der Waals surface area contributed by atoms with Crippen molar-refractivity contribution in [3.05, 3.63) is 26.8 Å². The van der Waals surface area contributed by atoms with Crippen molar-refractivity contribution in [2.75, 3.05) is 17.8 Å². The van der Waals surface area contributed by atoms with Gasteiger partial charge < -0.3 is 0 Å². The van der Waals surface area contributed by atoms with Crippen molar-refractivity contribution in [2.45, 2.75) is 17.7 Å². The number of fused-ring (bicyclic) bond motifs is 4. The van der Waals surface area contributed by atoms with Gasteiger partial charge in [-0.3, -0.25) is 0 Å². The topological polar surface area (TPSA) is 63.0 Å². The van der Waals surface area contributed by atoms with E-state index in [1.165, 1.54) is 10.5 Å². The first-order valence-electron chi connectivity index (χ1n) is 6.05. The van der Waals surface area contributed by atoms with E-state index < -0.39 is 0 Å². The predicted molar refractivity (Wildman–Crippen MR) is 82.3 cm³/mol.